The van der Waals surface area contributed by atoms with Crippen LogP contribution in [0.2, 0.25) is 0 Å². The lowest BCUT2D eigenvalue weighted by molar-refractivity contribution is -0.138. The molecule has 1 fully saturated rings. The number of carbonyl (C=O) groups is 1. The molecule has 1 aliphatic heterocycles. The van der Waals surface area contributed by atoms with Crippen LogP contribution >= 0.6 is 0 Å². The lowest BCUT2D eigenvalue weighted by atomic mass is 10.2. The summed E-state index contributed by atoms with van der Waals surface area (Å²) in [6.07, 6.45) is 1.42. The van der Waals surface area contributed by atoms with Gasteiger partial charge in [0.2, 0.25) is 5.91 Å². The Kier molecular flexibility index (Phi) is 4.92. The molecule has 110 valence electrons. The maximum Gasteiger partial charge on any atom is 0.250 e. The fraction of sp³-hybridized carbons (Fsp3) is 0.571. The summed E-state index contributed by atoms with van der Waals surface area (Å²) < 4.78 is 5.50. The van der Waals surface area contributed by atoms with Gasteiger partial charge in [0.05, 0.1) is 6.61 Å². The molecular formula is C14H22N4O2. The van der Waals surface area contributed by atoms with Crippen LogP contribution in [0.5, 0.6) is 0 Å². The predicted octanol–water partition coefficient (Wildman–Crippen LogP) is 0.0944. The zero-order valence-corrected chi connectivity index (χ0v) is 12.3. The first-order valence-corrected chi connectivity index (χ1v) is 6.78. The monoisotopic (exact) mass is 278 g/mol. The highest BCUT2D eigenvalue weighted by Gasteiger charge is 2.26. The molecule has 1 atom stereocenters. The molecule has 6 nitrogen and oxygen atoms in total. The lowest BCUT2D eigenvalue weighted by Gasteiger charge is -2.32. The van der Waals surface area contributed by atoms with Crippen molar-refractivity contribution >= 4 is 11.7 Å². The predicted molar refractivity (Wildman–Crippen MR) is 77.6 cm³/mol. The second-order valence-corrected chi connectivity index (χ2v) is 5.09. The number of nitrogens with one attached hydrogen (secondary N) is 1. The van der Waals surface area contributed by atoms with Crippen molar-refractivity contribution in [2.75, 3.05) is 45.7 Å². The molecule has 0 bridgehead atoms. The number of hydrogen-bond acceptors (Lipinski definition) is 5. The van der Waals surface area contributed by atoms with Crippen LogP contribution in [-0.4, -0.2) is 62.7 Å². The highest BCUT2D eigenvalue weighted by atomic mass is 16.5. The van der Waals surface area contributed by atoms with Crippen LogP contribution in [-0.2, 0) is 16.1 Å². The van der Waals surface area contributed by atoms with Crippen molar-refractivity contribution < 1.29 is 9.53 Å². The lowest BCUT2D eigenvalue weighted by Crippen LogP contribution is -2.48. The number of amides is 1. The number of aromatic nitrogens is 1. The zero-order chi connectivity index (χ0) is 14.5. The number of carbonyl (C=O) groups excluding carboxylic acids is 1. The number of rotatable bonds is 4. The number of anilines is 1. The SMILES string of the molecule is CNC(=O)[C@@H]1CN(Cc2cccnc2N(C)C)CCO1. The number of morpholine rings is 1. The van der Waals surface area contributed by atoms with Crippen molar-refractivity contribution in [3.05, 3.63) is 23.9 Å². The van der Waals surface area contributed by atoms with Crippen molar-refractivity contribution in [3.8, 4) is 0 Å². The molecule has 0 saturated carbocycles. The van der Waals surface area contributed by atoms with Crippen LogP contribution in [0, 0.1) is 0 Å². The van der Waals surface area contributed by atoms with Gasteiger partial charge in [-0.05, 0) is 6.07 Å². The van der Waals surface area contributed by atoms with Crippen LogP contribution in [0.4, 0.5) is 5.82 Å². The van der Waals surface area contributed by atoms with Crippen LogP contribution in [0.15, 0.2) is 18.3 Å². The van der Waals surface area contributed by atoms with E-state index >= 15 is 0 Å². The minimum atomic E-state index is -0.381. The fourth-order valence-electron chi connectivity index (χ4n) is 2.36. The van der Waals surface area contributed by atoms with Gasteiger partial charge in [0.25, 0.3) is 0 Å². The van der Waals surface area contributed by atoms with E-state index < -0.39 is 0 Å². The number of likely N-dealkylation sites (N-methyl/N-ethyl adjacent to an activating group) is 1. The topological polar surface area (TPSA) is 57.7 Å². The molecule has 6 heteroatoms. The molecule has 1 N–H and O–H groups in total. The molecule has 1 aromatic heterocycles. The van der Waals surface area contributed by atoms with E-state index in [1.165, 1.54) is 0 Å². The van der Waals surface area contributed by atoms with Crippen LogP contribution in [0.25, 0.3) is 0 Å². The molecule has 2 rings (SSSR count). The molecule has 1 amide bonds. The van der Waals surface area contributed by atoms with E-state index in [1.54, 1.807) is 13.2 Å². The smallest absolute Gasteiger partial charge is 0.250 e. The molecule has 20 heavy (non-hydrogen) atoms. The third-order valence-electron chi connectivity index (χ3n) is 3.37. The zero-order valence-electron chi connectivity index (χ0n) is 12.3. The summed E-state index contributed by atoms with van der Waals surface area (Å²) in [7, 11) is 5.60. The highest BCUT2D eigenvalue weighted by Crippen LogP contribution is 2.18. The summed E-state index contributed by atoms with van der Waals surface area (Å²) >= 11 is 0. The van der Waals surface area contributed by atoms with E-state index in [2.05, 4.69) is 21.3 Å². The number of hydrogen-bond donors (Lipinski definition) is 1. The van der Waals surface area contributed by atoms with E-state index in [-0.39, 0.29) is 12.0 Å². The van der Waals surface area contributed by atoms with Crippen LogP contribution < -0.4 is 10.2 Å². The van der Waals surface area contributed by atoms with Crippen molar-refractivity contribution in [1.82, 2.24) is 15.2 Å². The van der Waals surface area contributed by atoms with Gasteiger partial charge in [0, 0.05) is 52.5 Å². The summed E-state index contributed by atoms with van der Waals surface area (Å²) in [4.78, 5) is 20.3. The van der Waals surface area contributed by atoms with Crippen molar-refractivity contribution in [2.45, 2.75) is 12.6 Å². The summed E-state index contributed by atoms with van der Waals surface area (Å²) in [5, 5.41) is 2.64. The minimum Gasteiger partial charge on any atom is -0.366 e. The fourth-order valence-corrected chi connectivity index (χ4v) is 2.36. The summed E-state index contributed by atoms with van der Waals surface area (Å²) in [5.74, 6) is 0.907. The van der Waals surface area contributed by atoms with Gasteiger partial charge in [-0.1, -0.05) is 6.07 Å². The van der Waals surface area contributed by atoms with Crippen molar-refractivity contribution in [1.29, 1.82) is 0 Å². The Balaban J connectivity index is 2.04. The standard InChI is InChI=1S/C14H22N4O2/c1-15-14(19)12-10-18(7-8-20-12)9-11-5-4-6-16-13(11)17(2)3/h4-6,12H,7-10H2,1-3H3,(H,15,19)/t12-/m0/s1. The summed E-state index contributed by atoms with van der Waals surface area (Å²) in [5.41, 5.74) is 1.16. The largest absolute Gasteiger partial charge is 0.366 e. The average Bonchev–Trinajstić information content (AvgIpc) is 2.47. The van der Waals surface area contributed by atoms with Crippen molar-refractivity contribution in [3.63, 3.8) is 0 Å². The van der Waals surface area contributed by atoms with E-state index in [9.17, 15) is 4.79 Å². The van der Waals surface area contributed by atoms with Gasteiger partial charge in [0.15, 0.2) is 0 Å². The van der Waals surface area contributed by atoms with E-state index in [0.29, 0.717) is 13.2 Å². The second-order valence-electron chi connectivity index (χ2n) is 5.09. The Morgan fingerprint density at radius 3 is 3.10 bits per heavy atom. The van der Waals surface area contributed by atoms with Gasteiger partial charge in [-0.25, -0.2) is 4.98 Å². The van der Waals surface area contributed by atoms with E-state index in [4.69, 9.17) is 4.74 Å². The molecule has 1 aliphatic rings. The average molecular weight is 278 g/mol. The van der Waals surface area contributed by atoms with E-state index in [1.807, 2.05) is 25.1 Å². The first-order valence-electron chi connectivity index (χ1n) is 6.78. The Morgan fingerprint density at radius 1 is 1.60 bits per heavy atom. The van der Waals surface area contributed by atoms with E-state index in [0.717, 1.165) is 24.5 Å². The molecule has 0 radical (unpaired) electrons. The van der Waals surface area contributed by atoms with Gasteiger partial charge in [-0.15, -0.1) is 0 Å². The maximum atomic E-state index is 11.7. The molecule has 2 heterocycles. The Labute approximate surface area is 119 Å². The van der Waals surface area contributed by atoms with Gasteiger partial charge >= 0.3 is 0 Å². The van der Waals surface area contributed by atoms with Gasteiger partial charge < -0.3 is 15.0 Å². The summed E-state index contributed by atoms with van der Waals surface area (Å²) in [6.45, 7) is 2.80. The normalized spacial score (nSPS) is 19.6. The Bertz CT molecular complexity index is 464. The van der Waals surface area contributed by atoms with Crippen LogP contribution in [0.3, 0.4) is 0 Å². The maximum absolute atomic E-state index is 11.7. The van der Waals surface area contributed by atoms with Crippen LogP contribution in [0.1, 0.15) is 5.56 Å². The highest BCUT2D eigenvalue weighted by molar-refractivity contribution is 5.80. The second kappa shape index (κ2) is 6.67. The first kappa shape index (κ1) is 14.7. The minimum absolute atomic E-state index is 0.0614. The van der Waals surface area contributed by atoms with Crippen molar-refractivity contribution in [2.24, 2.45) is 0 Å². The molecule has 0 spiro atoms. The quantitative estimate of drug-likeness (QED) is 0.846. The van der Waals surface area contributed by atoms with Gasteiger partial charge in [-0.3, -0.25) is 9.69 Å². The molecule has 0 aliphatic carbocycles. The third kappa shape index (κ3) is 3.46. The number of ether oxygens (including phenoxy) is 1. The Hall–Kier alpha value is -1.66. The number of nitrogens with zero attached hydrogens (tertiary/aromatic N) is 3. The molecule has 1 saturated heterocycles. The molecular weight excluding hydrogens is 256 g/mol. The molecule has 0 unspecified atom stereocenters. The molecule has 1 aromatic rings. The number of pyridine rings is 1. The molecule has 0 aromatic carbocycles. The van der Waals surface area contributed by atoms with Gasteiger partial charge in [0.1, 0.15) is 11.9 Å². The third-order valence-corrected chi connectivity index (χ3v) is 3.37. The summed E-state index contributed by atoms with van der Waals surface area (Å²) in [6, 6.07) is 4.02. The van der Waals surface area contributed by atoms with Gasteiger partial charge in [-0.2, -0.15) is 0 Å². The Morgan fingerprint density at radius 2 is 2.40 bits per heavy atom. The first-order chi connectivity index (χ1) is 9.61.